The average molecular weight is 569 g/mol. The molecule has 0 fully saturated rings. The number of allylic oxidation sites excluding steroid dienone is 1. The van der Waals surface area contributed by atoms with E-state index >= 15 is 0 Å². The Hall–Kier alpha value is 0.470. The van der Waals surface area contributed by atoms with E-state index in [0.717, 1.165) is 25.9 Å². The third kappa shape index (κ3) is 34.4. The molecule has 0 bridgehead atoms. The van der Waals surface area contributed by atoms with Crippen LogP contribution in [0.5, 0.6) is 0 Å². The largest absolute Gasteiger partial charge is 1.00 e. The van der Waals surface area contributed by atoms with Gasteiger partial charge in [-0.2, -0.15) is 8.42 Å². The number of carboxylic acids is 2. The maximum atomic E-state index is 10.2. The van der Waals surface area contributed by atoms with Crippen molar-refractivity contribution in [1.29, 1.82) is 0 Å². The fourth-order valence-electron chi connectivity index (χ4n) is 3.15. The van der Waals surface area contributed by atoms with Gasteiger partial charge in [-0.1, -0.05) is 77.4 Å². The minimum Gasteiger partial charge on any atom is -0.550 e. The molecule has 10 nitrogen and oxygen atoms in total. The van der Waals surface area contributed by atoms with E-state index in [-0.39, 0.29) is 65.2 Å². The van der Waals surface area contributed by atoms with E-state index in [1.165, 1.54) is 70.6 Å². The van der Waals surface area contributed by atoms with E-state index in [0.29, 0.717) is 0 Å². The minimum absolute atomic E-state index is 0. The molecule has 0 amide bonds. The zero-order valence-corrected chi connectivity index (χ0v) is 28.2. The second kappa shape index (κ2) is 31.0. The second-order valence-corrected chi connectivity index (χ2v) is 10.1. The van der Waals surface area contributed by atoms with Gasteiger partial charge in [0.25, 0.3) is 10.1 Å². The van der Waals surface area contributed by atoms with Gasteiger partial charge in [0.2, 0.25) is 0 Å². The molecule has 0 aliphatic rings. The van der Waals surface area contributed by atoms with Gasteiger partial charge >= 0.3 is 59.1 Å². The number of unbranched alkanes of at least 4 members (excludes halogenated alkanes) is 9. The van der Waals surface area contributed by atoms with Crippen LogP contribution >= 0.6 is 0 Å². The predicted octanol–water partition coefficient (Wildman–Crippen LogP) is -4.75. The molecule has 13 heteroatoms. The number of hydrogen-bond acceptors (Lipinski definition) is 9. The fourth-order valence-corrected chi connectivity index (χ4v) is 3.74. The van der Waals surface area contributed by atoms with Gasteiger partial charge in [0.15, 0.2) is 0 Å². The van der Waals surface area contributed by atoms with Gasteiger partial charge in [0, 0.05) is 25.5 Å². The van der Waals surface area contributed by atoms with Gasteiger partial charge in [-0.05, 0) is 32.1 Å². The SMILES string of the molecule is CCCCCC[C@@H](O)C/C=C\CCCCCCCCNNCC.O=C([O-])CC(C(=O)[O-])S(=O)(=O)O.[Na+].[Na+]. The van der Waals surface area contributed by atoms with Crippen molar-refractivity contribution in [1.82, 2.24) is 10.9 Å². The topological polar surface area (TPSA) is 179 Å². The normalized spacial score (nSPS) is 12.5. The maximum absolute atomic E-state index is 10.2. The molecule has 2 atom stereocenters. The van der Waals surface area contributed by atoms with E-state index in [9.17, 15) is 33.3 Å². The van der Waals surface area contributed by atoms with Crippen LogP contribution in [-0.2, 0) is 19.7 Å². The van der Waals surface area contributed by atoms with Gasteiger partial charge in [-0.3, -0.25) is 15.4 Å². The quantitative estimate of drug-likeness (QED) is 0.0326. The van der Waals surface area contributed by atoms with Crippen LogP contribution in [0.1, 0.15) is 104 Å². The van der Waals surface area contributed by atoms with Crippen LogP contribution in [0.2, 0.25) is 0 Å². The second-order valence-electron chi connectivity index (χ2n) is 8.48. The first kappa shape index (κ1) is 44.5. The smallest absolute Gasteiger partial charge is 0.550 e. The Morgan fingerprint density at radius 3 is 1.92 bits per heavy atom. The Morgan fingerprint density at radius 2 is 1.43 bits per heavy atom. The number of rotatable bonds is 22. The summed E-state index contributed by atoms with van der Waals surface area (Å²) in [6.07, 6.45) is 18.9. The molecule has 1 unspecified atom stereocenters. The monoisotopic (exact) mass is 568 g/mol. The molecule has 0 aliphatic heterocycles. The summed E-state index contributed by atoms with van der Waals surface area (Å²) < 4.78 is 28.5. The maximum Gasteiger partial charge on any atom is 1.00 e. The molecule has 0 saturated carbocycles. The predicted molar refractivity (Wildman–Crippen MR) is 132 cm³/mol. The summed E-state index contributed by atoms with van der Waals surface area (Å²) in [5.41, 5.74) is 6.34. The first-order valence-electron chi connectivity index (χ1n) is 12.7. The molecule has 0 aliphatic carbocycles. The van der Waals surface area contributed by atoms with Crippen molar-refractivity contribution >= 4 is 22.1 Å². The summed E-state index contributed by atoms with van der Waals surface area (Å²) in [5.74, 6) is -4.08. The minimum atomic E-state index is -4.94. The van der Waals surface area contributed by atoms with Crippen molar-refractivity contribution < 1.29 is 97.0 Å². The van der Waals surface area contributed by atoms with Crippen molar-refractivity contribution in [3.8, 4) is 0 Å². The van der Waals surface area contributed by atoms with Gasteiger partial charge in [0.05, 0.1) is 12.1 Å². The number of carbonyl (C=O) groups excluding carboxylic acids is 2. The van der Waals surface area contributed by atoms with Crippen LogP contribution in [0.3, 0.4) is 0 Å². The molecule has 0 saturated heterocycles. The summed E-state index contributed by atoms with van der Waals surface area (Å²) in [6, 6.07) is 0. The van der Waals surface area contributed by atoms with Gasteiger partial charge < -0.3 is 24.9 Å². The Morgan fingerprint density at radius 1 is 0.865 bits per heavy atom. The van der Waals surface area contributed by atoms with Crippen molar-refractivity contribution in [2.75, 3.05) is 13.1 Å². The Balaban J connectivity index is -0.000000332. The summed E-state index contributed by atoms with van der Waals surface area (Å²) >= 11 is 0. The van der Waals surface area contributed by atoms with E-state index < -0.39 is 33.7 Å². The Bertz CT molecular complexity index is 667. The zero-order valence-electron chi connectivity index (χ0n) is 23.4. The molecule has 0 aromatic carbocycles. The standard InChI is InChI=1S/C20H42N2O.C4H6O7S.2Na/c1-3-5-6-14-17-20(23)18-15-12-10-8-7-9-11-13-16-19-22-21-4-2;5-3(6)1-2(4(7)8)12(9,10)11;;/h12,15,20-23H,3-11,13-14,16-19H2,1-2H3;2H,1H2,(H,5,6)(H,7,8)(H,9,10,11);;/q;;2*+1/p-2/b15-12-;;;/t20-;;;/m1.../s1. The number of carbonyl (C=O) groups is 2. The van der Waals surface area contributed by atoms with E-state index in [1.807, 2.05) is 0 Å². The molecule has 208 valence electrons. The van der Waals surface area contributed by atoms with Crippen LogP contribution in [0, 0.1) is 0 Å². The zero-order chi connectivity index (χ0) is 27.0. The number of aliphatic hydroxyl groups is 1. The van der Waals surface area contributed by atoms with Crippen LogP contribution in [-0.4, -0.2) is 54.5 Å². The number of nitrogens with one attached hydrogen (secondary N) is 2. The molecule has 0 spiro atoms. The molecule has 0 aromatic rings. The molecular weight excluding hydrogens is 522 g/mol. The van der Waals surface area contributed by atoms with E-state index in [1.54, 1.807) is 0 Å². The molecule has 0 rings (SSSR count). The van der Waals surface area contributed by atoms with Crippen LogP contribution in [0.4, 0.5) is 0 Å². The molecule has 4 N–H and O–H groups in total. The Labute approximate surface area is 268 Å². The third-order valence-electron chi connectivity index (χ3n) is 5.16. The van der Waals surface area contributed by atoms with Crippen molar-refractivity contribution in [3.63, 3.8) is 0 Å². The van der Waals surface area contributed by atoms with Crippen LogP contribution < -0.4 is 80.2 Å². The summed E-state index contributed by atoms with van der Waals surface area (Å²) in [7, 11) is -4.94. The van der Waals surface area contributed by atoms with E-state index in [4.69, 9.17) is 4.55 Å². The summed E-state index contributed by atoms with van der Waals surface area (Å²) in [6.45, 7) is 6.40. The molecular formula is C24H46N2Na2O8S. The van der Waals surface area contributed by atoms with Gasteiger partial charge in [0.1, 0.15) is 5.25 Å². The average Bonchev–Trinajstić information content (AvgIpc) is 2.77. The van der Waals surface area contributed by atoms with Crippen LogP contribution in [0.15, 0.2) is 12.2 Å². The van der Waals surface area contributed by atoms with Crippen LogP contribution in [0.25, 0.3) is 0 Å². The van der Waals surface area contributed by atoms with Gasteiger partial charge in [-0.15, -0.1) is 0 Å². The third-order valence-corrected chi connectivity index (χ3v) is 6.24. The Kier molecular flexibility index (Phi) is 37.3. The van der Waals surface area contributed by atoms with Crippen molar-refractivity contribution in [2.45, 2.75) is 115 Å². The molecule has 0 aromatic heterocycles. The summed E-state index contributed by atoms with van der Waals surface area (Å²) in [4.78, 5) is 19.7. The first-order valence-corrected chi connectivity index (χ1v) is 14.2. The summed E-state index contributed by atoms with van der Waals surface area (Å²) in [5, 5.41) is 27.1. The van der Waals surface area contributed by atoms with Crippen molar-refractivity contribution in [3.05, 3.63) is 12.2 Å². The molecule has 37 heavy (non-hydrogen) atoms. The fraction of sp³-hybridized carbons (Fsp3) is 0.833. The number of aliphatic carboxylic acids is 2. The molecule has 0 radical (unpaired) electrons. The van der Waals surface area contributed by atoms with Crippen molar-refractivity contribution in [2.24, 2.45) is 0 Å². The number of hydrogen-bond donors (Lipinski definition) is 4. The van der Waals surface area contributed by atoms with Gasteiger partial charge in [-0.25, -0.2) is 0 Å². The number of hydrazine groups is 1. The number of carboxylic acid groups (broad SMARTS) is 2. The number of aliphatic hydroxyl groups excluding tert-OH is 1. The first-order chi connectivity index (χ1) is 16.6. The molecule has 0 heterocycles. The van der Waals surface area contributed by atoms with E-state index in [2.05, 4.69) is 36.9 Å².